The van der Waals surface area contributed by atoms with Gasteiger partial charge in [0.15, 0.2) is 0 Å². The fraction of sp³-hybridized carbons (Fsp3) is 0.100. The Bertz CT molecular complexity index is 418. The van der Waals surface area contributed by atoms with Crippen LogP contribution >= 0.6 is 0 Å². The monoisotopic (exact) mass is 206 g/mol. The van der Waals surface area contributed by atoms with Crippen LogP contribution in [0.15, 0.2) is 30.6 Å². The Hall–Kier alpha value is -2.04. The summed E-state index contributed by atoms with van der Waals surface area (Å²) in [4.78, 5) is 6.97. The number of aromatic nitrogens is 2. The number of hydrogen-bond acceptors (Lipinski definition) is 3. The molecule has 15 heavy (non-hydrogen) atoms. The molecule has 1 heterocycles. The molecular weight excluding hydrogens is 195 g/mol. The maximum Gasteiger partial charge on any atom is 0.127 e. The van der Waals surface area contributed by atoms with Gasteiger partial charge in [0.1, 0.15) is 11.6 Å². The van der Waals surface area contributed by atoms with Crippen molar-refractivity contribution in [2.24, 2.45) is 0 Å². The number of nitrogens with one attached hydrogen (secondary N) is 2. The Morgan fingerprint density at radius 1 is 1.40 bits per heavy atom. The highest BCUT2D eigenvalue weighted by molar-refractivity contribution is 5.54. The molecule has 0 saturated heterocycles. The number of nitrogens with zero attached hydrogens (tertiary/aromatic N) is 1. The second kappa shape index (κ2) is 4.00. The third kappa shape index (κ3) is 2.46. The molecule has 0 bridgehead atoms. The predicted octanol–water partition coefficient (Wildman–Crippen LogP) is 1.74. The summed E-state index contributed by atoms with van der Waals surface area (Å²) in [5.41, 5.74) is 6.55. The number of nitrogen functional groups attached to an aromatic ring is 1. The van der Waals surface area contributed by atoms with Gasteiger partial charge < -0.3 is 16.0 Å². The summed E-state index contributed by atoms with van der Waals surface area (Å²) >= 11 is 0. The van der Waals surface area contributed by atoms with Gasteiger partial charge in [-0.15, -0.1) is 0 Å². The van der Waals surface area contributed by atoms with Crippen molar-refractivity contribution in [2.75, 3.05) is 11.1 Å². The van der Waals surface area contributed by atoms with Crippen LogP contribution in [0.25, 0.3) is 0 Å². The molecule has 5 heteroatoms. The lowest BCUT2D eigenvalue weighted by molar-refractivity contribution is 0.629. The van der Waals surface area contributed by atoms with E-state index in [0.717, 1.165) is 5.82 Å². The predicted molar refractivity (Wildman–Crippen MR) is 56.7 cm³/mol. The van der Waals surface area contributed by atoms with E-state index in [4.69, 9.17) is 5.73 Å². The molecule has 4 nitrogen and oxygen atoms in total. The smallest absolute Gasteiger partial charge is 0.127 e. The largest absolute Gasteiger partial charge is 0.399 e. The van der Waals surface area contributed by atoms with E-state index in [9.17, 15) is 4.39 Å². The average molecular weight is 206 g/mol. The third-order valence-electron chi connectivity index (χ3n) is 1.93. The van der Waals surface area contributed by atoms with Crippen molar-refractivity contribution >= 4 is 11.4 Å². The molecule has 2 aromatic rings. The van der Waals surface area contributed by atoms with E-state index in [2.05, 4.69) is 15.3 Å². The fourth-order valence-corrected chi connectivity index (χ4v) is 1.29. The Kier molecular flexibility index (Phi) is 2.53. The first-order valence-electron chi connectivity index (χ1n) is 4.52. The average Bonchev–Trinajstić information content (AvgIpc) is 2.65. The zero-order valence-corrected chi connectivity index (χ0v) is 8.00. The van der Waals surface area contributed by atoms with Crippen molar-refractivity contribution in [3.63, 3.8) is 0 Å². The number of aromatic amines is 1. The molecule has 0 aliphatic heterocycles. The molecule has 2 rings (SSSR count). The van der Waals surface area contributed by atoms with Gasteiger partial charge in [-0.3, -0.25) is 0 Å². The molecule has 1 aromatic heterocycles. The molecule has 0 fully saturated rings. The highest BCUT2D eigenvalue weighted by Gasteiger charge is 1.99. The molecule has 1 aromatic carbocycles. The van der Waals surface area contributed by atoms with Gasteiger partial charge >= 0.3 is 0 Å². The molecule has 0 aliphatic rings. The number of rotatable bonds is 3. The molecule has 0 spiro atoms. The minimum absolute atomic E-state index is 0.350. The van der Waals surface area contributed by atoms with Crippen molar-refractivity contribution in [1.82, 2.24) is 9.97 Å². The first kappa shape index (κ1) is 9.51. The molecule has 0 aliphatic carbocycles. The van der Waals surface area contributed by atoms with Gasteiger partial charge in [-0.05, 0) is 18.2 Å². The van der Waals surface area contributed by atoms with Gasteiger partial charge in [-0.25, -0.2) is 9.37 Å². The molecule has 4 N–H and O–H groups in total. The van der Waals surface area contributed by atoms with Gasteiger partial charge in [0, 0.05) is 23.8 Å². The summed E-state index contributed by atoms with van der Waals surface area (Å²) in [5.74, 6) is 0.440. The minimum Gasteiger partial charge on any atom is -0.399 e. The Labute approximate surface area is 86.3 Å². The Morgan fingerprint density at radius 2 is 2.27 bits per heavy atom. The molecule has 0 amide bonds. The van der Waals surface area contributed by atoms with Gasteiger partial charge in [-0.2, -0.15) is 0 Å². The second-order valence-electron chi connectivity index (χ2n) is 3.16. The van der Waals surface area contributed by atoms with Crippen LogP contribution in [-0.2, 0) is 6.54 Å². The second-order valence-corrected chi connectivity index (χ2v) is 3.16. The fourth-order valence-electron chi connectivity index (χ4n) is 1.29. The Balaban J connectivity index is 2.05. The Morgan fingerprint density at radius 3 is 2.93 bits per heavy atom. The lowest BCUT2D eigenvalue weighted by atomic mass is 10.2. The lowest BCUT2D eigenvalue weighted by Crippen LogP contribution is -2.02. The van der Waals surface area contributed by atoms with Gasteiger partial charge in [0.05, 0.1) is 6.54 Å². The number of H-pyrrole nitrogens is 1. The number of hydrogen-bond donors (Lipinski definition) is 3. The number of imidazole rings is 1. The van der Waals surface area contributed by atoms with Crippen molar-refractivity contribution < 1.29 is 4.39 Å². The molecule has 0 saturated carbocycles. The standard InChI is InChI=1S/C10H11FN4/c11-7-3-8(12)5-9(4-7)15-6-10-13-1-2-14-10/h1-5,15H,6,12H2,(H,13,14). The zero-order chi connectivity index (χ0) is 10.7. The van der Waals surface area contributed by atoms with Crippen LogP contribution in [0.2, 0.25) is 0 Å². The quantitative estimate of drug-likeness (QED) is 0.670. The third-order valence-corrected chi connectivity index (χ3v) is 1.93. The van der Waals surface area contributed by atoms with E-state index in [-0.39, 0.29) is 5.82 Å². The summed E-state index contributed by atoms with van der Waals surface area (Å²) in [6.07, 6.45) is 3.40. The van der Waals surface area contributed by atoms with Gasteiger partial charge in [-0.1, -0.05) is 0 Å². The first-order valence-corrected chi connectivity index (χ1v) is 4.52. The molecular formula is C10H11FN4. The summed E-state index contributed by atoms with van der Waals surface area (Å²) < 4.78 is 13.0. The van der Waals surface area contributed by atoms with Gasteiger partial charge in [0.25, 0.3) is 0 Å². The molecule has 0 atom stereocenters. The topological polar surface area (TPSA) is 66.7 Å². The van der Waals surface area contributed by atoms with E-state index in [1.807, 2.05) is 0 Å². The van der Waals surface area contributed by atoms with Crippen LogP contribution in [0.5, 0.6) is 0 Å². The van der Waals surface area contributed by atoms with E-state index < -0.39 is 0 Å². The molecule has 0 radical (unpaired) electrons. The maximum atomic E-state index is 13.0. The minimum atomic E-state index is -0.350. The number of nitrogens with two attached hydrogens (primary N) is 1. The van der Waals surface area contributed by atoms with E-state index in [0.29, 0.717) is 17.9 Å². The van der Waals surface area contributed by atoms with Crippen molar-refractivity contribution in [2.45, 2.75) is 6.54 Å². The number of benzene rings is 1. The van der Waals surface area contributed by atoms with Crippen LogP contribution in [0.4, 0.5) is 15.8 Å². The molecule has 78 valence electrons. The summed E-state index contributed by atoms with van der Waals surface area (Å²) in [7, 11) is 0. The van der Waals surface area contributed by atoms with Crippen LogP contribution in [0.1, 0.15) is 5.82 Å². The SMILES string of the molecule is Nc1cc(F)cc(NCc2ncc[nH]2)c1. The van der Waals surface area contributed by atoms with Crippen molar-refractivity contribution in [3.8, 4) is 0 Å². The van der Waals surface area contributed by atoms with Gasteiger partial charge in [0.2, 0.25) is 0 Å². The highest BCUT2D eigenvalue weighted by atomic mass is 19.1. The number of anilines is 2. The maximum absolute atomic E-state index is 13.0. The van der Waals surface area contributed by atoms with Crippen LogP contribution < -0.4 is 11.1 Å². The van der Waals surface area contributed by atoms with Crippen LogP contribution in [-0.4, -0.2) is 9.97 Å². The van der Waals surface area contributed by atoms with Crippen molar-refractivity contribution in [3.05, 3.63) is 42.2 Å². The summed E-state index contributed by atoms with van der Waals surface area (Å²) in [6, 6.07) is 4.34. The zero-order valence-electron chi connectivity index (χ0n) is 8.00. The number of halogens is 1. The van der Waals surface area contributed by atoms with Crippen LogP contribution in [0, 0.1) is 5.82 Å². The van der Waals surface area contributed by atoms with E-state index in [1.165, 1.54) is 12.1 Å². The summed E-state index contributed by atoms with van der Waals surface area (Å²) in [5, 5.41) is 3.01. The molecule has 0 unspecified atom stereocenters. The van der Waals surface area contributed by atoms with E-state index >= 15 is 0 Å². The lowest BCUT2D eigenvalue weighted by Gasteiger charge is -2.05. The van der Waals surface area contributed by atoms with Crippen LogP contribution in [0.3, 0.4) is 0 Å². The summed E-state index contributed by atoms with van der Waals surface area (Å²) in [6.45, 7) is 0.510. The highest BCUT2D eigenvalue weighted by Crippen LogP contribution is 2.15. The first-order chi connectivity index (χ1) is 7.24. The van der Waals surface area contributed by atoms with E-state index in [1.54, 1.807) is 18.5 Å². The van der Waals surface area contributed by atoms with Crippen molar-refractivity contribution in [1.29, 1.82) is 0 Å². The normalized spacial score (nSPS) is 10.2.